The van der Waals surface area contributed by atoms with Crippen LogP contribution in [0.1, 0.15) is 25.4 Å². The Hall–Kier alpha value is -3.36. The van der Waals surface area contributed by atoms with Gasteiger partial charge in [-0.3, -0.25) is 0 Å². The van der Waals surface area contributed by atoms with E-state index in [4.69, 9.17) is 4.74 Å². The molecule has 9 heteroatoms. The third-order valence-corrected chi connectivity index (χ3v) is 4.38. The summed E-state index contributed by atoms with van der Waals surface area (Å²) in [6.45, 7) is 6.92. The summed E-state index contributed by atoms with van der Waals surface area (Å²) in [4.78, 5) is 4.64. The number of ether oxygens (including phenoxy) is 1. The Morgan fingerprint density at radius 2 is 1.97 bits per heavy atom. The Morgan fingerprint density at radius 1 is 1.14 bits per heavy atom. The first-order chi connectivity index (χ1) is 14.2. The van der Waals surface area contributed by atoms with E-state index in [1.54, 1.807) is 13.4 Å². The lowest BCUT2D eigenvalue weighted by atomic mass is 10.3. The first kappa shape index (κ1) is 20.4. The zero-order valence-electron chi connectivity index (χ0n) is 17.2. The van der Waals surface area contributed by atoms with Crippen LogP contribution < -0.4 is 15.4 Å². The largest absolute Gasteiger partial charge is 0.497 e. The third-order valence-electron chi connectivity index (χ3n) is 4.38. The second-order valence-electron chi connectivity index (χ2n) is 6.37. The number of rotatable bonds is 9. The molecule has 29 heavy (non-hydrogen) atoms. The summed E-state index contributed by atoms with van der Waals surface area (Å²) in [5, 5.41) is 19.3. The summed E-state index contributed by atoms with van der Waals surface area (Å²) in [7, 11) is 1.66. The Kier molecular flexibility index (Phi) is 7.21. The number of nitrogens with one attached hydrogen (secondary N) is 2. The molecule has 0 spiro atoms. The fourth-order valence-corrected chi connectivity index (χ4v) is 2.86. The average molecular weight is 396 g/mol. The lowest BCUT2D eigenvalue weighted by Gasteiger charge is -2.12. The maximum atomic E-state index is 5.20. The molecular formula is C20H28N8O. The molecule has 2 aromatic heterocycles. The van der Waals surface area contributed by atoms with Gasteiger partial charge in [-0.25, -0.2) is 9.67 Å². The zero-order chi connectivity index (χ0) is 20.5. The minimum absolute atomic E-state index is 0.491. The van der Waals surface area contributed by atoms with Crippen molar-refractivity contribution in [2.75, 3.05) is 20.2 Å². The average Bonchev–Trinajstić information content (AvgIpc) is 3.41. The number of nitrogens with zero attached hydrogens (tertiary/aromatic N) is 6. The van der Waals surface area contributed by atoms with E-state index in [0.717, 1.165) is 55.0 Å². The van der Waals surface area contributed by atoms with Gasteiger partial charge in [0.2, 0.25) is 0 Å². The van der Waals surface area contributed by atoms with Crippen molar-refractivity contribution in [1.29, 1.82) is 0 Å². The van der Waals surface area contributed by atoms with Crippen molar-refractivity contribution in [3.05, 3.63) is 54.4 Å². The predicted octanol–water partition coefficient (Wildman–Crippen LogP) is 1.79. The molecule has 2 N–H and O–H groups in total. The van der Waals surface area contributed by atoms with Gasteiger partial charge < -0.3 is 19.9 Å². The van der Waals surface area contributed by atoms with Crippen LogP contribution in [0.2, 0.25) is 0 Å². The first-order valence-corrected chi connectivity index (χ1v) is 9.81. The number of aromatic nitrogens is 5. The lowest BCUT2D eigenvalue weighted by Crippen LogP contribution is -2.39. The monoisotopic (exact) mass is 396 g/mol. The maximum absolute atomic E-state index is 5.20. The van der Waals surface area contributed by atoms with E-state index in [2.05, 4.69) is 37.8 Å². The molecule has 0 saturated heterocycles. The van der Waals surface area contributed by atoms with Gasteiger partial charge in [0, 0.05) is 32.3 Å². The van der Waals surface area contributed by atoms with E-state index >= 15 is 0 Å². The van der Waals surface area contributed by atoms with Crippen LogP contribution in [0, 0.1) is 0 Å². The van der Waals surface area contributed by atoms with Gasteiger partial charge >= 0.3 is 0 Å². The van der Waals surface area contributed by atoms with Gasteiger partial charge in [-0.1, -0.05) is 6.92 Å². The van der Waals surface area contributed by atoms with E-state index in [9.17, 15) is 0 Å². The number of hydrogen-bond acceptors (Lipinski definition) is 5. The SMILES string of the molecule is CCNC(=NCc1ccn(-c2ccc(OC)cc2)n1)NCCn1cnnc1CC. The number of hydrogen-bond donors (Lipinski definition) is 2. The highest BCUT2D eigenvalue weighted by molar-refractivity contribution is 5.79. The Balaban J connectivity index is 1.57. The predicted molar refractivity (Wildman–Crippen MR) is 112 cm³/mol. The van der Waals surface area contributed by atoms with Crippen LogP contribution >= 0.6 is 0 Å². The number of methoxy groups -OCH3 is 1. The molecule has 0 radical (unpaired) electrons. The van der Waals surface area contributed by atoms with E-state index in [-0.39, 0.29) is 0 Å². The van der Waals surface area contributed by atoms with Crippen molar-refractivity contribution >= 4 is 5.96 Å². The molecule has 0 unspecified atom stereocenters. The highest BCUT2D eigenvalue weighted by Crippen LogP contribution is 2.14. The molecule has 0 atom stereocenters. The van der Waals surface area contributed by atoms with E-state index in [1.807, 2.05) is 52.7 Å². The highest BCUT2D eigenvalue weighted by atomic mass is 16.5. The topological polar surface area (TPSA) is 94.2 Å². The summed E-state index contributed by atoms with van der Waals surface area (Å²) < 4.78 is 9.08. The van der Waals surface area contributed by atoms with Crippen LogP contribution in [0.4, 0.5) is 0 Å². The van der Waals surface area contributed by atoms with Crippen molar-refractivity contribution in [1.82, 2.24) is 35.2 Å². The first-order valence-electron chi connectivity index (χ1n) is 9.81. The summed E-state index contributed by atoms with van der Waals surface area (Å²) in [6.07, 6.45) is 4.56. The number of guanidine groups is 1. The van der Waals surface area contributed by atoms with Crippen LogP contribution in [0.25, 0.3) is 5.69 Å². The van der Waals surface area contributed by atoms with Crippen molar-refractivity contribution in [2.24, 2.45) is 4.99 Å². The minimum Gasteiger partial charge on any atom is -0.497 e. The van der Waals surface area contributed by atoms with Gasteiger partial charge in [0.15, 0.2) is 5.96 Å². The van der Waals surface area contributed by atoms with Gasteiger partial charge in [-0.15, -0.1) is 10.2 Å². The molecule has 0 bridgehead atoms. The van der Waals surface area contributed by atoms with Crippen molar-refractivity contribution in [3.63, 3.8) is 0 Å². The van der Waals surface area contributed by atoms with Crippen LogP contribution in [0.15, 0.2) is 47.8 Å². The van der Waals surface area contributed by atoms with Gasteiger partial charge in [0.25, 0.3) is 0 Å². The summed E-state index contributed by atoms with van der Waals surface area (Å²) in [6, 6.07) is 9.76. The van der Waals surface area contributed by atoms with Crippen LogP contribution in [-0.4, -0.2) is 50.7 Å². The second kappa shape index (κ2) is 10.3. The smallest absolute Gasteiger partial charge is 0.191 e. The van der Waals surface area contributed by atoms with Crippen LogP contribution in [0.5, 0.6) is 5.75 Å². The van der Waals surface area contributed by atoms with Gasteiger partial charge in [-0.05, 0) is 37.3 Å². The molecule has 0 saturated carbocycles. The molecule has 0 amide bonds. The quantitative estimate of drug-likeness (QED) is 0.423. The molecule has 0 aliphatic heterocycles. The fourth-order valence-electron chi connectivity index (χ4n) is 2.86. The van der Waals surface area contributed by atoms with Crippen LogP contribution in [0.3, 0.4) is 0 Å². The Labute approximate surface area is 170 Å². The molecular weight excluding hydrogens is 368 g/mol. The van der Waals surface area contributed by atoms with Crippen molar-refractivity contribution < 1.29 is 4.74 Å². The fraction of sp³-hybridized carbons (Fsp3) is 0.400. The van der Waals surface area contributed by atoms with Crippen molar-refractivity contribution in [3.8, 4) is 11.4 Å². The molecule has 0 fully saturated rings. The summed E-state index contributed by atoms with van der Waals surface area (Å²) in [5.74, 6) is 2.57. The molecule has 1 aromatic carbocycles. The van der Waals surface area contributed by atoms with E-state index in [1.165, 1.54) is 0 Å². The van der Waals surface area contributed by atoms with Crippen LogP contribution in [-0.2, 0) is 19.5 Å². The zero-order valence-corrected chi connectivity index (χ0v) is 17.2. The number of aliphatic imine (C=N–C) groups is 1. The Bertz CT molecular complexity index is 913. The van der Waals surface area contributed by atoms with Gasteiger partial charge in [-0.2, -0.15) is 5.10 Å². The molecule has 3 aromatic rings. The molecule has 0 aliphatic rings. The number of aryl methyl sites for hydroxylation is 1. The molecule has 0 aliphatic carbocycles. The maximum Gasteiger partial charge on any atom is 0.191 e. The lowest BCUT2D eigenvalue weighted by molar-refractivity contribution is 0.414. The van der Waals surface area contributed by atoms with Gasteiger partial charge in [0.1, 0.15) is 17.9 Å². The summed E-state index contributed by atoms with van der Waals surface area (Å²) >= 11 is 0. The van der Waals surface area contributed by atoms with Gasteiger partial charge in [0.05, 0.1) is 25.0 Å². The standard InChI is InChI=1S/C20H28N8O/c1-4-19-25-24-15-27(19)13-11-22-20(21-5-2)23-14-16-10-12-28(26-16)17-6-8-18(29-3)9-7-17/h6-10,12,15H,4-5,11,13-14H2,1-3H3,(H2,21,22,23). The minimum atomic E-state index is 0.491. The Morgan fingerprint density at radius 3 is 2.69 bits per heavy atom. The summed E-state index contributed by atoms with van der Waals surface area (Å²) in [5.41, 5.74) is 1.87. The molecule has 154 valence electrons. The second-order valence-corrected chi connectivity index (χ2v) is 6.37. The highest BCUT2D eigenvalue weighted by Gasteiger charge is 2.04. The van der Waals surface area contributed by atoms with E-state index in [0.29, 0.717) is 6.54 Å². The third kappa shape index (κ3) is 5.56. The van der Waals surface area contributed by atoms with Crippen molar-refractivity contribution in [2.45, 2.75) is 33.4 Å². The van der Waals surface area contributed by atoms with E-state index < -0.39 is 0 Å². The molecule has 3 rings (SSSR count). The molecule has 2 heterocycles. The molecule has 9 nitrogen and oxygen atoms in total. The number of benzene rings is 1. The normalized spacial score (nSPS) is 11.5.